The Morgan fingerprint density at radius 3 is 2.36 bits per heavy atom. The highest BCUT2D eigenvalue weighted by Crippen LogP contribution is 2.42. The molecule has 0 radical (unpaired) electrons. The Morgan fingerprint density at radius 1 is 1.14 bits per heavy atom. The van der Waals surface area contributed by atoms with Crippen molar-refractivity contribution in [2.75, 3.05) is 5.01 Å². The number of hydrogen-bond acceptors (Lipinski definition) is 3. The number of benzene rings is 2. The van der Waals surface area contributed by atoms with Gasteiger partial charge in [0.2, 0.25) is 5.91 Å². The lowest BCUT2D eigenvalue weighted by Crippen LogP contribution is -2.56. The molecule has 0 saturated heterocycles. The Hall–Kier alpha value is -2.83. The summed E-state index contributed by atoms with van der Waals surface area (Å²) in [5.41, 5.74) is 5.52. The van der Waals surface area contributed by atoms with Gasteiger partial charge in [-0.15, -0.1) is 0 Å². The van der Waals surface area contributed by atoms with Crippen molar-refractivity contribution in [3.05, 3.63) is 65.5 Å². The van der Waals surface area contributed by atoms with Crippen molar-refractivity contribution < 1.29 is 18.0 Å². The van der Waals surface area contributed by atoms with E-state index in [0.29, 0.717) is 17.7 Å². The Balaban J connectivity index is 2.17. The molecule has 2 aromatic carbocycles. The third-order valence-electron chi connectivity index (χ3n) is 5.28. The predicted molar refractivity (Wildman–Crippen MR) is 102 cm³/mol. The fourth-order valence-electron chi connectivity index (χ4n) is 3.63. The van der Waals surface area contributed by atoms with Crippen molar-refractivity contribution in [2.24, 2.45) is 16.8 Å². The zero-order chi connectivity index (χ0) is 20.5. The van der Waals surface area contributed by atoms with Gasteiger partial charge >= 0.3 is 0 Å². The summed E-state index contributed by atoms with van der Waals surface area (Å²) in [5, 5.41) is 5.76. The quantitative estimate of drug-likeness (QED) is 0.797. The number of unbranched alkanes of at least 4 members (excludes halogenated alkanes) is 1. The van der Waals surface area contributed by atoms with Crippen LogP contribution in [0.5, 0.6) is 0 Å². The first-order valence-electron chi connectivity index (χ1n) is 9.18. The summed E-state index contributed by atoms with van der Waals surface area (Å²) in [4.78, 5) is 12.5. The second kappa shape index (κ2) is 7.66. The summed E-state index contributed by atoms with van der Waals surface area (Å²) >= 11 is 0. The highest BCUT2D eigenvalue weighted by Gasteiger charge is 2.53. The van der Waals surface area contributed by atoms with Gasteiger partial charge in [-0.3, -0.25) is 4.79 Å². The Labute approximate surface area is 161 Å². The summed E-state index contributed by atoms with van der Waals surface area (Å²) in [6, 6.07) is 8.82. The first kappa shape index (κ1) is 19.9. The molecule has 0 saturated carbocycles. The summed E-state index contributed by atoms with van der Waals surface area (Å²) in [5.74, 6) is -3.07. The first-order valence-corrected chi connectivity index (χ1v) is 9.18. The topological polar surface area (TPSA) is 58.7 Å². The molecular formula is C21H22F3N3O. The second-order valence-corrected chi connectivity index (χ2v) is 7.11. The zero-order valence-corrected chi connectivity index (χ0v) is 15.8. The molecule has 7 heteroatoms. The van der Waals surface area contributed by atoms with Crippen LogP contribution >= 0.6 is 0 Å². The monoisotopic (exact) mass is 389 g/mol. The maximum atomic E-state index is 14.5. The summed E-state index contributed by atoms with van der Waals surface area (Å²) in [7, 11) is 0. The van der Waals surface area contributed by atoms with Crippen LogP contribution in [0.2, 0.25) is 0 Å². The number of nitrogens with two attached hydrogens (primary N) is 1. The van der Waals surface area contributed by atoms with Gasteiger partial charge in [-0.25, -0.2) is 18.2 Å². The fourth-order valence-corrected chi connectivity index (χ4v) is 3.63. The van der Waals surface area contributed by atoms with E-state index in [9.17, 15) is 18.0 Å². The Kier molecular flexibility index (Phi) is 5.45. The molecular weight excluding hydrogens is 367 g/mol. The number of halogens is 3. The lowest BCUT2D eigenvalue weighted by atomic mass is 9.77. The van der Waals surface area contributed by atoms with Gasteiger partial charge in [-0.2, -0.15) is 5.10 Å². The highest BCUT2D eigenvalue weighted by atomic mass is 19.1. The van der Waals surface area contributed by atoms with E-state index in [0.717, 1.165) is 25.0 Å². The first-order chi connectivity index (χ1) is 13.3. The molecule has 3 rings (SSSR count). The van der Waals surface area contributed by atoms with E-state index in [1.54, 1.807) is 19.1 Å². The lowest BCUT2D eigenvalue weighted by molar-refractivity contribution is -0.123. The minimum Gasteiger partial charge on any atom is -0.368 e. The number of anilines is 1. The number of hydrogen-bond donors (Lipinski definition) is 1. The number of amides is 1. The van der Waals surface area contributed by atoms with E-state index < -0.39 is 34.8 Å². The third kappa shape index (κ3) is 3.37. The van der Waals surface area contributed by atoms with Gasteiger partial charge in [0.15, 0.2) is 5.82 Å². The van der Waals surface area contributed by atoms with Crippen molar-refractivity contribution >= 4 is 17.3 Å². The smallest absolute Gasteiger partial charge is 0.245 e. The lowest BCUT2D eigenvalue weighted by Gasteiger charge is -2.36. The summed E-state index contributed by atoms with van der Waals surface area (Å²) < 4.78 is 41.3. The van der Waals surface area contributed by atoms with E-state index in [-0.39, 0.29) is 5.69 Å². The van der Waals surface area contributed by atoms with Crippen LogP contribution in [0.1, 0.15) is 38.7 Å². The Bertz CT molecular complexity index is 914. The summed E-state index contributed by atoms with van der Waals surface area (Å²) in [6.45, 7) is 3.63. The zero-order valence-electron chi connectivity index (χ0n) is 15.8. The van der Waals surface area contributed by atoms with Crippen molar-refractivity contribution in [2.45, 2.75) is 38.6 Å². The van der Waals surface area contributed by atoms with Crippen molar-refractivity contribution in [1.29, 1.82) is 0 Å². The van der Waals surface area contributed by atoms with E-state index in [2.05, 4.69) is 5.10 Å². The Morgan fingerprint density at radius 2 is 1.79 bits per heavy atom. The van der Waals surface area contributed by atoms with Gasteiger partial charge in [-0.05, 0) is 43.2 Å². The molecule has 2 N–H and O–H groups in total. The molecule has 1 heterocycles. The molecule has 2 atom stereocenters. The average molecular weight is 389 g/mol. The van der Waals surface area contributed by atoms with E-state index in [1.165, 1.54) is 23.2 Å². The van der Waals surface area contributed by atoms with Crippen molar-refractivity contribution in [3.63, 3.8) is 0 Å². The maximum absolute atomic E-state index is 14.5. The predicted octanol–water partition coefficient (Wildman–Crippen LogP) is 4.38. The minimum atomic E-state index is -1.35. The van der Waals surface area contributed by atoms with Gasteiger partial charge in [-0.1, -0.05) is 31.9 Å². The minimum absolute atomic E-state index is 0.0405. The molecule has 2 aromatic rings. The third-order valence-corrected chi connectivity index (χ3v) is 5.28. The van der Waals surface area contributed by atoms with Crippen LogP contribution in [0.25, 0.3) is 0 Å². The van der Waals surface area contributed by atoms with Crippen LogP contribution in [0.3, 0.4) is 0 Å². The number of hydrazone groups is 1. The molecule has 0 fully saturated rings. The molecule has 2 unspecified atom stereocenters. The maximum Gasteiger partial charge on any atom is 0.245 e. The van der Waals surface area contributed by atoms with Crippen LogP contribution in [-0.4, -0.2) is 17.2 Å². The largest absolute Gasteiger partial charge is 0.368 e. The second-order valence-electron chi connectivity index (χ2n) is 7.11. The average Bonchev–Trinajstić information content (AvgIpc) is 2.94. The van der Waals surface area contributed by atoms with Crippen molar-refractivity contribution in [1.82, 2.24) is 0 Å². The molecule has 0 spiro atoms. The standard InChI is InChI=1S/C21H22F3N3O/c1-3-4-5-16-19(13-6-8-14(22)9-7-13)26-27(21(16,2)20(25)28)18-11-10-15(23)12-17(18)24/h6-12,16H,3-5H2,1-2H3,(H2,25,28). The molecule has 0 aliphatic carbocycles. The van der Waals surface area contributed by atoms with Crippen LogP contribution in [0, 0.1) is 23.4 Å². The molecule has 28 heavy (non-hydrogen) atoms. The number of rotatable bonds is 6. The van der Waals surface area contributed by atoms with Crippen LogP contribution in [0.15, 0.2) is 47.6 Å². The van der Waals surface area contributed by atoms with Crippen LogP contribution < -0.4 is 10.7 Å². The number of nitrogens with zero attached hydrogens (tertiary/aromatic N) is 2. The van der Waals surface area contributed by atoms with Gasteiger partial charge in [0.25, 0.3) is 0 Å². The van der Waals surface area contributed by atoms with Crippen molar-refractivity contribution in [3.8, 4) is 0 Å². The molecule has 4 nitrogen and oxygen atoms in total. The molecule has 1 aliphatic heterocycles. The van der Waals surface area contributed by atoms with Gasteiger partial charge in [0.05, 0.1) is 11.4 Å². The molecule has 148 valence electrons. The SMILES string of the molecule is CCCCC1C(c2ccc(F)cc2)=NN(c2ccc(F)cc2F)C1(C)C(N)=O. The van der Waals surface area contributed by atoms with Gasteiger partial charge in [0.1, 0.15) is 17.2 Å². The number of carbonyl (C=O) groups is 1. The van der Waals surface area contributed by atoms with E-state index >= 15 is 0 Å². The van der Waals surface area contributed by atoms with Crippen LogP contribution in [0.4, 0.5) is 18.9 Å². The van der Waals surface area contributed by atoms with Gasteiger partial charge in [0, 0.05) is 12.0 Å². The highest BCUT2D eigenvalue weighted by molar-refractivity contribution is 6.10. The normalized spacial score (nSPS) is 21.7. The molecule has 1 aliphatic rings. The number of carbonyl (C=O) groups excluding carboxylic acids is 1. The number of primary amides is 1. The van der Waals surface area contributed by atoms with E-state index in [1.807, 2.05) is 6.92 Å². The summed E-state index contributed by atoms with van der Waals surface area (Å²) in [6.07, 6.45) is 2.27. The fraction of sp³-hybridized carbons (Fsp3) is 0.333. The molecule has 0 aromatic heterocycles. The van der Waals surface area contributed by atoms with Gasteiger partial charge < -0.3 is 5.73 Å². The van der Waals surface area contributed by atoms with Crippen LogP contribution in [-0.2, 0) is 4.79 Å². The van der Waals surface area contributed by atoms with E-state index in [4.69, 9.17) is 5.73 Å². The molecule has 0 bridgehead atoms. The molecule has 1 amide bonds.